The molecule has 7 N–H and O–H groups in total. The zero-order valence-corrected chi connectivity index (χ0v) is 25.2. The Morgan fingerprint density at radius 1 is 1.13 bits per heavy atom. The number of thiol groups is 1. The number of fused-ring (bicyclic) bond motifs is 5. The summed E-state index contributed by atoms with van der Waals surface area (Å²) in [6.07, 6.45) is -6.76. The van der Waals surface area contributed by atoms with Gasteiger partial charge in [0, 0.05) is 0 Å². The van der Waals surface area contributed by atoms with Crippen molar-refractivity contribution in [1.29, 1.82) is 0 Å². The van der Waals surface area contributed by atoms with Gasteiger partial charge in [0.2, 0.25) is 0 Å². The van der Waals surface area contributed by atoms with Crippen molar-refractivity contribution in [2.75, 3.05) is 18.5 Å². The Bertz CT molecular complexity index is 1880. The number of nitrogens with zero attached hydrogens (tertiary/aromatic N) is 6. The first-order valence-electron chi connectivity index (χ1n) is 13.1. The Balaban J connectivity index is 1.21. The summed E-state index contributed by atoms with van der Waals surface area (Å²) in [5.41, 5.74) is 5.28. The SMILES string of the molecule is Nc1ncnc2c1ncn2[C@@H]1O[C@@H]2CO[PH](O)(S)C[C@@H]3[C@@H](O)[C@@H](OOP(=O)(O)O[C@H]2[C@H]1O)O[C@H]3n1cc(F)c2c(=O)[nH]cnc21. The van der Waals surface area contributed by atoms with Crippen molar-refractivity contribution in [2.45, 2.75) is 43.2 Å². The fraction of sp³-hybridized carbons (Fsp3) is 0.476. The van der Waals surface area contributed by atoms with Gasteiger partial charge in [-0.1, -0.05) is 0 Å². The van der Waals surface area contributed by atoms with Crippen molar-refractivity contribution < 1.29 is 57.0 Å². The first kappa shape index (κ1) is 30.9. The predicted molar refractivity (Wildman–Crippen MR) is 151 cm³/mol. The van der Waals surface area contributed by atoms with E-state index in [0.717, 1.165) is 17.1 Å². The van der Waals surface area contributed by atoms with E-state index in [1.165, 1.54) is 17.2 Å². The maximum absolute atomic E-state index is 14.8. The number of nitrogen functional groups attached to an aromatic ring is 1. The Morgan fingerprint density at radius 2 is 1.93 bits per heavy atom. The van der Waals surface area contributed by atoms with Crippen LogP contribution in [0.15, 0.2) is 30.0 Å². The molecular weight excluding hydrogens is 669 g/mol. The van der Waals surface area contributed by atoms with Gasteiger partial charge in [0.15, 0.2) is 0 Å². The van der Waals surface area contributed by atoms with Gasteiger partial charge < -0.3 is 0 Å². The van der Waals surface area contributed by atoms with E-state index in [-0.39, 0.29) is 22.6 Å². The monoisotopic (exact) mass is 694 g/mol. The number of nitrogens with two attached hydrogens (primary N) is 1. The first-order valence-corrected chi connectivity index (χ1v) is 18.0. The summed E-state index contributed by atoms with van der Waals surface area (Å²) in [6.45, 7) is -4.66. The molecule has 0 spiro atoms. The Labute approximate surface area is 255 Å². The molecule has 9 atom stereocenters. The summed E-state index contributed by atoms with van der Waals surface area (Å²) < 4.78 is 57.5. The minimum absolute atomic E-state index is 0.0560. The van der Waals surface area contributed by atoms with Crippen LogP contribution in [0.25, 0.3) is 22.2 Å². The van der Waals surface area contributed by atoms with Crippen LogP contribution in [0, 0.1) is 11.7 Å². The van der Waals surface area contributed by atoms with Crippen LogP contribution in [0.2, 0.25) is 0 Å². The molecule has 7 rings (SSSR count). The number of hydrogen-bond donors (Lipinski definition) is 7. The van der Waals surface area contributed by atoms with E-state index in [1.807, 2.05) is 0 Å². The van der Waals surface area contributed by atoms with Gasteiger partial charge >= 0.3 is 255 Å². The summed E-state index contributed by atoms with van der Waals surface area (Å²) in [5.74, 6) is -2.07. The normalized spacial score (nSPS) is 36.3. The Kier molecular flexibility index (Phi) is 7.72. The number of aliphatic hydroxyl groups is 2. The van der Waals surface area contributed by atoms with E-state index in [0.29, 0.717) is 0 Å². The second-order valence-corrected chi connectivity index (χ2v) is 16.0. The van der Waals surface area contributed by atoms with Gasteiger partial charge in [-0.25, -0.2) is 0 Å². The summed E-state index contributed by atoms with van der Waals surface area (Å²) in [6, 6.07) is 0. The average Bonchev–Trinajstić information content (AvgIpc) is 3.71. The van der Waals surface area contributed by atoms with Gasteiger partial charge in [-0.05, 0) is 0 Å². The van der Waals surface area contributed by atoms with Crippen molar-refractivity contribution in [1.82, 2.24) is 34.1 Å². The third-order valence-corrected chi connectivity index (χ3v) is 11.0. The molecule has 0 aromatic carbocycles. The molecule has 244 valence electrons. The van der Waals surface area contributed by atoms with Crippen LogP contribution in [0.3, 0.4) is 0 Å². The van der Waals surface area contributed by atoms with Crippen LogP contribution in [-0.2, 0) is 32.6 Å². The standard InChI is InChI=1S/C21H25FN8O12P2S/c22-8-1-29(16-10(8)18(33)27-5-25-16)19-7-3-43(34,45)37-2-9-14(41-44(35,36)42-40-21(39-19)12(7)31)13(32)20(38-9)30-6-28-11-15(23)24-4-26-17(11)30/h1,4-7,9,12-14,19-21,31-32,34,43,45H,2-3H2,(H,35,36)(H2,23,24,26)(H,25,27,33)/t7-,9-,12-,13-,14-,19-,20-,21-/m1/s1. The number of phosphoric acid groups is 1. The van der Waals surface area contributed by atoms with Gasteiger partial charge in [0.1, 0.15) is 0 Å². The van der Waals surface area contributed by atoms with Crippen molar-refractivity contribution in [3.05, 3.63) is 41.3 Å². The van der Waals surface area contributed by atoms with Crippen molar-refractivity contribution in [3.8, 4) is 0 Å². The Hall–Kier alpha value is -2.69. The molecular formula is C21H25FN8O12P2S. The van der Waals surface area contributed by atoms with Crippen LogP contribution in [0.4, 0.5) is 10.2 Å². The third kappa shape index (κ3) is 5.44. The molecule has 0 saturated carbocycles. The number of H-pyrrole nitrogens is 1. The van der Waals surface area contributed by atoms with Gasteiger partial charge in [-0.2, -0.15) is 0 Å². The average molecular weight is 694 g/mol. The summed E-state index contributed by atoms with van der Waals surface area (Å²) >= 11 is 4.33. The van der Waals surface area contributed by atoms with E-state index >= 15 is 0 Å². The topological polar surface area (TPSA) is 274 Å². The van der Waals surface area contributed by atoms with E-state index in [1.54, 1.807) is 0 Å². The van der Waals surface area contributed by atoms with Crippen molar-refractivity contribution >= 4 is 55.0 Å². The molecule has 0 aliphatic carbocycles. The number of aliphatic hydroxyl groups excluding tert-OH is 2. The molecule has 1 unspecified atom stereocenters. The fourth-order valence-corrected chi connectivity index (χ4v) is 8.88. The predicted octanol–water partition coefficient (Wildman–Crippen LogP) is -0.743. The number of phosphoric ester groups is 1. The van der Waals surface area contributed by atoms with E-state index < -0.39 is 93.4 Å². The molecule has 3 aliphatic rings. The third-order valence-electron chi connectivity index (χ3n) is 7.64. The van der Waals surface area contributed by atoms with Gasteiger partial charge in [0.25, 0.3) is 0 Å². The molecule has 20 nitrogen and oxygen atoms in total. The molecule has 0 amide bonds. The molecule has 45 heavy (non-hydrogen) atoms. The van der Waals surface area contributed by atoms with E-state index in [2.05, 4.69) is 41.8 Å². The van der Waals surface area contributed by atoms with E-state index in [9.17, 15) is 33.7 Å². The van der Waals surface area contributed by atoms with Crippen molar-refractivity contribution in [2.24, 2.45) is 5.92 Å². The van der Waals surface area contributed by atoms with Crippen molar-refractivity contribution in [3.63, 3.8) is 0 Å². The van der Waals surface area contributed by atoms with E-state index in [4.69, 9.17) is 29.1 Å². The van der Waals surface area contributed by atoms with Gasteiger partial charge in [-0.15, -0.1) is 0 Å². The van der Waals surface area contributed by atoms with Gasteiger partial charge in [0.05, 0.1) is 0 Å². The van der Waals surface area contributed by atoms with Crippen LogP contribution >= 0.6 is 27.0 Å². The minimum atomic E-state index is -5.22. The Morgan fingerprint density at radius 3 is 2.73 bits per heavy atom. The summed E-state index contributed by atoms with van der Waals surface area (Å²) in [5, 5.41) is 21.8. The molecule has 3 aliphatic heterocycles. The molecule has 2 bridgehead atoms. The molecule has 3 saturated heterocycles. The second-order valence-electron chi connectivity index (χ2n) is 10.5. The number of halogens is 1. The van der Waals surface area contributed by atoms with Crippen LogP contribution in [0.5, 0.6) is 0 Å². The molecule has 4 aromatic rings. The first-order chi connectivity index (χ1) is 21.3. The molecule has 24 heteroatoms. The van der Waals surface area contributed by atoms with Crippen LogP contribution < -0.4 is 11.3 Å². The number of aromatic nitrogens is 7. The number of aromatic amines is 1. The van der Waals surface area contributed by atoms with Crippen LogP contribution in [0.1, 0.15) is 12.5 Å². The number of rotatable bonds is 2. The molecule has 4 aromatic heterocycles. The number of imidazole rings is 1. The molecule has 7 heterocycles. The summed E-state index contributed by atoms with van der Waals surface area (Å²) in [7, 11) is -5.22. The maximum atomic E-state index is 14.8. The quantitative estimate of drug-likeness (QED) is 0.0773. The number of hydrogen-bond acceptors (Lipinski definition) is 17. The number of anilines is 1. The molecule has 0 radical (unpaired) electrons. The van der Waals surface area contributed by atoms with Gasteiger partial charge in [-0.3, -0.25) is 0 Å². The number of ether oxygens (including phenoxy) is 2. The zero-order chi connectivity index (χ0) is 31.8. The zero-order valence-electron chi connectivity index (χ0n) is 22.4. The molecule has 3 fully saturated rings. The second kappa shape index (κ2) is 11.2. The fourth-order valence-electron chi connectivity index (χ4n) is 5.63. The number of nitrogens with one attached hydrogen (secondary N) is 1. The summed E-state index contributed by atoms with van der Waals surface area (Å²) in [4.78, 5) is 57.4. The van der Waals surface area contributed by atoms with Crippen LogP contribution in [-0.4, -0.2) is 97.5 Å².